The molecule has 0 aromatic heterocycles. The molecule has 0 aliphatic heterocycles. The second-order valence-corrected chi connectivity index (χ2v) is 6.72. The molecule has 1 fully saturated rings. The molecule has 0 unspecified atom stereocenters. The lowest BCUT2D eigenvalue weighted by Crippen LogP contribution is -2.43. The summed E-state index contributed by atoms with van der Waals surface area (Å²) in [5.74, 6) is 1.91. The van der Waals surface area contributed by atoms with E-state index in [1.807, 2.05) is 24.3 Å². The predicted octanol–water partition coefficient (Wildman–Crippen LogP) is 2.18. The molecule has 1 aromatic rings. The number of benzene rings is 1. The van der Waals surface area contributed by atoms with Crippen LogP contribution in [0.2, 0.25) is 0 Å². The van der Waals surface area contributed by atoms with Gasteiger partial charge in [-0.2, -0.15) is 0 Å². The first kappa shape index (κ1) is 17.5. The number of urea groups is 1. The third-order valence-electron chi connectivity index (χ3n) is 3.30. The van der Waals surface area contributed by atoms with Gasteiger partial charge in [0.25, 0.3) is 0 Å². The number of hydrogen-bond donors (Lipinski definition) is 2. The van der Waals surface area contributed by atoms with Crippen molar-refractivity contribution in [1.29, 1.82) is 0 Å². The van der Waals surface area contributed by atoms with Gasteiger partial charge in [0, 0.05) is 11.8 Å². The molecular weight excluding hydrogens is 316 g/mol. The zero-order valence-corrected chi connectivity index (χ0v) is 14.2. The molecule has 2 rings (SSSR count). The summed E-state index contributed by atoms with van der Waals surface area (Å²) >= 11 is 1.45. The molecular formula is C16H22N2O4S. The fourth-order valence-electron chi connectivity index (χ4n) is 1.79. The molecule has 1 aromatic carbocycles. The minimum Gasteiger partial charge on any atom is -0.497 e. The van der Waals surface area contributed by atoms with Crippen molar-refractivity contribution < 1.29 is 19.1 Å². The first-order valence-corrected chi connectivity index (χ1v) is 8.63. The Balaban J connectivity index is 1.60. The molecule has 6 nitrogen and oxygen atoms in total. The van der Waals surface area contributed by atoms with Gasteiger partial charge in [-0.15, -0.1) is 11.8 Å². The van der Waals surface area contributed by atoms with E-state index in [0.29, 0.717) is 12.4 Å². The molecule has 0 heterocycles. The van der Waals surface area contributed by atoms with E-state index in [2.05, 4.69) is 10.6 Å². The van der Waals surface area contributed by atoms with Crippen LogP contribution in [0, 0.1) is 0 Å². The Labute approximate surface area is 140 Å². The summed E-state index contributed by atoms with van der Waals surface area (Å²) in [5.41, 5.74) is 0. The van der Waals surface area contributed by atoms with Gasteiger partial charge in [-0.3, -0.25) is 10.1 Å². The van der Waals surface area contributed by atoms with Gasteiger partial charge in [0.1, 0.15) is 11.5 Å². The molecule has 1 atom stereocenters. The Morgan fingerprint density at radius 2 is 1.91 bits per heavy atom. The normalized spacial score (nSPS) is 14.7. The Kier molecular flexibility index (Phi) is 6.58. The van der Waals surface area contributed by atoms with Crippen LogP contribution in [0.3, 0.4) is 0 Å². The smallest absolute Gasteiger partial charge is 0.321 e. The van der Waals surface area contributed by atoms with E-state index in [4.69, 9.17) is 9.47 Å². The maximum absolute atomic E-state index is 11.8. The number of imide groups is 1. The standard InChI is InChI=1S/C16H22N2O4S/c1-11(15(19)18-16(20)17-12-3-4-12)23-10-9-22-14-7-5-13(21-2)6-8-14/h5-8,11-12H,3-4,9-10H2,1-2H3,(H2,17,18,19,20)/t11-/m1/s1. The molecule has 1 aliphatic rings. The Morgan fingerprint density at radius 1 is 1.26 bits per heavy atom. The van der Waals surface area contributed by atoms with Gasteiger partial charge in [-0.1, -0.05) is 0 Å². The zero-order chi connectivity index (χ0) is 16.7. The molecule has 0 saturated heterocycles. The van der Waals surface area contributed by atoms with Gasteiger partial charge in [0.05, 0.1) is 19.0 Å². The Bertz CT molecular complexity index is 531. The zero-order valence-electron chi connectivity index (χ0n) is 13.3. The number of methoxy groups -OCH3 is 1. The molecule has 23 heavy (non-hydrogen) atoms. The van der Waals surface area contributed by atoms with Crippen LogP contribution in [-0.2, 0) is 4.79 Å². The molecule has 1 aliphatic carbocycles. The van der Waals surface area contributed by atoms with Crippen molar-refractivity contribution in [3.8, 4) is 11.5 Å². The number of rotatable bonds is 8. The molecule has 2 N–H and O–H groups in total. The van der Waals surface area contributed by atoms with E-state index in [1.54, 1.807) is 14.0 Å². The fraction of sp³-hybridized carbons (Fsp3) is 0.500. The average molecular weight is 338 g/mol. The Hall–Kier alpha value is -1.89. The average Bonchev–Trinajstić information content (AvgIpc) is 3.35. The lowest BCUT2D eigenvalue weighted by molar-refractivity contribution is -0.119. The molecule has 7 heteroatoms. The third kappa shape index (κ3) is 6.40. The summed E-state index contributed by atoms with van der Waals surface area (Å²) < 4.78 is 10.7. The van der Waals surface area contributed by atoms with Gasteiger partial charge in [-0.25, -0.2) is 4.79 Å². The maximum atomic E-state index is 11.8. The molecule has 0 spiro atoms. The van der Waals surface area contributed by atoms with Crippen molar-refractivity contribution >= 4 is 23.7 Å². The SMILES string of the molecule is COc1ccc(OCCS[C@H](C)C(=O)NC(=O)NC2CC2)cc1. The summed E-state index contributed by atoms with van der Waals surface area (Å²) in [4.78, 5) is 23.3. The molecule has 0 radical (unpaired) electrons. The van der Waals surface area contributed by atoms with E-state index >= 15 is 0 Å². The van der Waals surface area contributed by atoms with Crippen molar-refractivity contribution in [2.75, 3.05) is 19.5 Å². The second-order valence-electron chi connectivity index (χ2n) is 5.27. The minimum absolute atomic E-state index is 0.239. The van der Waals surface area contributed by atoms with Crippen molar-refractivity contribution in [2.45, 2.75) is 31.1 Å². The quantitative estimate of drug-likeness (QED) is 0.711. The highest BCUT2D eigenvalue weighted by Gasteiger charge is 2.24. The highest BCUT2D eigenvalue weighted by molar-refractivity contribution is 8.00. The van der Waals surface area contributed by atoms with Gasteiger partial charge in [0.15, 0.2) is 0 Å². The van der Waals surface area contributed by atoms with Crippen LogP contribution in [0.4, 0.5) is 4.79 Å². The van der Waals surface area contributed by atoms with Crippen LogP contribution in [0.5, 0.6) is 11.5 Å². The number of carbonyl (C=O) groups excluding carboxylic acids is 2. The summed E-state index contributed by atoms with van der Waals surface area (Å²) in [5, 5.41) is 4.77. The molecule has 126 valence electrons. The number of nitrogens with one attached hydrogen (secondary N) is 2. The fourth-order valence-corrected chi connectivity index (χ4v) is 2.54. The van der Waals surface area contributed by atoms with Crippen LogP contribution in [0.15, 0.2) is 24.3 Å². The summed E-state index contributed by atoms with van der Waals surface area (Å²) in [6, 6.07) is 7.17. The van der Waals surface area contributed by atoms with E-state index in [0.717, 1.165) is 24.3 Å². The highest BCUT2D eigenvalue weighted by atomic mass is 32.2. The third-order valence-corrected chi connectivity index (χ3v) is 4.41. The Morgan fingerprint density at radius 3 is 2.52 bits per heavy atom. The van der Waals surface area contributed by atoms with Gasteiger partial charge < -0.3 is 14.8 Å². The van der Waals surface area contributed by atoms with E-state index in [1.165, 1.54) is 11.8 Å². The minimum atomic E-state index is -0.403. The number of ether oxygens (including phenoxy) is 2. The number of amides is 3. The largest absolute Gasteiger partial charge is 0.497 e. The van der Waals surface area contributed by atoms with Gasteiger partial charge in [-0.05, 0) is 44.0 Å². The number of carbonyl (C=O) groups is 2. The van der Waals surface area contributed by atoms with Crippen molar-refractivity contribution in [2.24, 2.45) is 0 Å². The lowest BCUT2D eigenvalue weighted by atomic mass is 10.3. The summed E-state index contributed by atoms with van der Waals surface area (Å²) in [6.45, 7) is 2.26. The van der Waals surface area contributed by atoms with Crippen LogP contribution < -0.4 is 20.1 Å². The molecule has 1 saturated carbocycles. The topological polar surface area (TPSA) is 76.7 Å². The number of thioether (sulfide) groups is 1. The van der Waals surface area contributed by atoms with Crippen molar-refractivity contribution in [3.63, 3.8) is 0 Å². The van der Waals surface area contributed by atoms with Crippen molar-refractivity contribution in [1.82, 2.24) is 10.6 Å². The maximum Gasteiger partial charge on any atom is 0.321 e. The first-order valence-electron chi connectivity index (χ1n) is 7.58. The molecule has 3 amide bonds. The predicted molar refractivity (Wildman–Crippen MR) is 90.1 cm³/mol. The molecule has 0 bridgehead atoms. The van der Waals surface area contributed by atoms with Crippen LogP contribution in [0.25, 0.3) is 0 Å². The van der Waals surface area contributed by atoms with Crippen LogP contribution in [-0.4, -0.2) is 42.7 Å². The first-order chi connectivity index (χ1) is 11.1. The second kappa shape index (κ2) is 8.67. The van der Waals surface area contributed by atoms with Crippen LogP contribution >= 0.6 is 11.8 Å². The highest BCUT2D eigenvalue weighted by Crippen LogP contribution is 2.19. The van der Waals surface area contributed by atoms with E-state index in [9.17, 15) is 9.59 Å². The van der Waals surface area contributed by atoms with Gasteiger partial charge in [0.2, 0.25) is 5.91 Å². The summed E-state index contributed by atoms with van der Waals surface area (Å²) in [7, 11) is 1.61. The summed E-state index contributed by atoms with van der Waals surface area (Å²) in [6.07, 6.45) is 1.99. The monoisotopic (exact) mass is 338 g/mol. The van der Waals surface area contributed by atoms with E-state index < -0.39 is 6.03 Å². The number of hydrogen-bond acceptors (Lipinski definition) is 5. The van der Waals surface area contributed by atoms with Gasteiger partial charge >= 0.3 is 6.03 Å². The van der Waals surface area contributed by atoms with E-state index in [-0.39, 0.29) is 17.2 Å². The lowest BCUT2D eigenvalue weighted by Gasteiger charge is -2.12. The van der Waals surface area contributed by atoms with Crippen molar-refractivity contribution in [3.05, 3.63) is 24.3 Å². The van der Waals surface area contributed by atoms with Crippen LogP contribution in [0.1, 0.15) is 19.8 Å².